The Morgan fingerprint density at radius 1 is 1.38 bits per heavy atom. The van der Waals surface area contributed by atoms with Gasteiger partial charge in [-0.3, -0.25) is 9.36 Å². The molecule has 0 saturated heterocycles. The Bertz CT molecular complexity index is 830. The molecule has 21 heavy (non-hydrogen) atoms. The van der Waals surface area contributed by atoms with Crippen molar-refractivity contribution in [1.29, 1.82) is 0 Å². The number of hydrogen-bond acceptors (Lipinski definition) is 4. The van der Waals surface area contributed by atoms with Crippen molar-refractivity contribution in [3.05, 3.63) is 56.7 Å². The lowest BCUT2D eigenvalue weighted by Gasteiger charge is -2.04. The molecule has 1 aromatic carbocycles. The Kier molecular flexibility index (Phi) is 3.62. The summed E-state index contributed by atoms with van der Waals surface area (Å²) in [7, 11) is 1.63. The first-order chi connectivity index (χ1) is 10.1. The highest BCUT2D eigenvalue weighted by atomic mass is 32.1. The molecule has 2 heterocycles. The van der Waals surface area contributed by atoms with Crippen molar-refractivity contribution < 1.29 is 9.21 Å². The van der Waals surface area contributed by atoms with Crippen LogP contribution < -0.4 is 11.1 Å². The molecule has 3 rings (SSSR count). The van der Waals surface area contributed by atoms with Gasteiger partial charge in [0.1, 0.15) is 0 Å². The van der Waals surface area contributed by atoms with Gasteiger partial charge in [0, 0.05) is 24.0 Å². The lowest BCUT2D eigenvalue weighted by molar-refractivity contribution is 0.0954. The molecule has 0 fully saturated rings. The number of aryl methyl sites for hydroxylation is 1. The van der Waals surface area contributed by atoms with Crippen LogP contribution in [0.5, 0.6) is 0 Å². The van der Waals surface area contributed by atoms with Crippen molar-refractivity contribution in [3.63, 3.8) is 0 Å². The molecule has 6 heteroatoms. The molecular weight excluding hydrogens is 288 g/mol. The van der Waals surface area contributed by atoms with Crippen LogP contribution in [0.3, 0.4) is 0 Å². The standard InChI is InChI=1S/C15H14N2O3S/c1-17-12-5-4-10(9-13(12)20-15(17)19)14(18)16-7-6-11-3-2-8-21-11/h2-5,8-9H,6-7H2,1H3,(H,16,18). The van der Waals surface area contributed by atoms with Gasteiger partial charge in [0.2, 0.25) is 0 Å². The number of fused-ring (bicyclic) bond motifs is 1. The van der Waals surface area contributed by atoms with Gasteiger partial charge in [-0.25, -0.2) is 4.79 Å². The Hall–Kier alpha value is -2.34. The van der Waals surface area contributed by atoms with E-state index in [-0.39, 0.29) is 5.91 Å². The van der Waals surface area contributed by atoms with Crippen LogP contribution in [0.15, 0.2) is 44.9 Å². The van der Waals surface area contributed by atoms with Crippen molar-refractivity contribution in [3.8, 4) is 0 Å². The predicted molar refractivity (Wildman–Crippen MR) is 81.8 cm³/mol. The summed E-state index contributed by atoms with van der Waals surface area (Å²) < 4.78 is 6.49. The zero-order valence-corrected chi connectivity index (χ0v) is 12.3. The molecular formula is C15H14N2O3S. The maximum absolute atomic E-state index is 12.1. The molecule has 0 bridgehead atoms. The number of thiophene rings is 1. The monoisotopic (exact) mass is 302 g/mol. The van der Waals surface area contributed by atoms with E-state index < -0.39 is 5.76 Å². The Labute approximate surface area is 124 Å². The predicted octanol–water partition coefficient (Wildman–Crippen LogP) is 2.17. The summed E-state index contributed by atoms with van der Waals surface area (Å²) in [4.78, 5) is 24.7. The molecule has 0 saturated carbocycles. The van der Waals surface area contributed by atoms with E-state index in [0.717, 1.165) is 6.42 Å². The van der Waals surface area contributed by atoms with Crippen LogP contribution >= 0.6 is 11.3 Å². The van der Waals surface area contributed by atoms with E-state index in [9.17, 15) is 9.59 Å². The summed E-state index contributed by atoms with van der Waals surface area (Å²) in [6.45, 7) is 0.579. The average Bonchev–Trinajstić information content (AvgIpc) is 3.08. The SMILES string of the molecule is Cn1c(=O)oc2cc(C(=O)NCCc3cccs3)ccc21. The van der Waals surface area contributed by atoms with Crippen LogP contribution in [0, 0.1) is 0 Å². The summed E-state index contributed by atoms with van der Waals surface area (Å²) in [5.41, 5.74) is 1.59. The zero-order chi connectivity index (χ0) is 14.8. The molecule has 1 N–H and O–H groups in total. The van der Waals surface area contributed by atoms with Gasteiger partial charge >= 0.3 is 5.76 Å². The number of amides is 1. The smallest absolute Gasteiger partial charge is 0.408 e. The number of hydrogen-bond donors (Lipinski definition) is 1. The minimum atomic E-state index is -0.430. The first kappa shape index (κ1) is 13.6. The highest BCUT2D eigenvalue weighted by Crippen LogP contribution is 2.14. The average molecular weight is 302 g/mol. The molecule has 108 valence electrons. The second kappa shape index (κ2) is 5.57. The van der Waals surface area contributed by atoms with E-state index in [4.69, 9.17) is 4.42 Å². The number of benzene rings is 1. The van der Waals surface area contributed by atoms with E-state index in [2.05, 4.69) is 5.32 Å². The minimum Gasteiger partial charge on any atom is -0.408 e. The largest absolute Gasteiger partial charge is 0.419 e. The number of nitrogens with zero attached hydrogens (tertiary/aromatic N) is 1. The molecule has 3 aromatic rings. The molecule has 0 unspecified atom stereocenters. The molecule has 1 amide bonds. The van der Waals surface area contributed by atoms with E-state index in [1.54, 1.807) is 36.6 Å². The maximum atomic E-state index is 12.1. The quantitative estimate of drug-likeness (QED) is 0.803. The summed E-state index contributed by atoms with van der Waals surface area (Å²) in [6.07, 6.45) is 0.812. The molecule has 5 nitrogen and oxygen atoms in total. The maximum Gasteiger partial charge on any atom is 0.419 e. The number of aromatic nitrogens is 1. The Morgan fingerprint density at radius 3 is 3.00 bits per heavy atom. The second-order valence-corrected chi connectivity index (χ2v) is 5.73. The number of carbonyl (C=O) groups is 1. The number of rotatable bonds is 4. The van der Waals surface area contributed by atoms with Crippen LogP contribution in [-0.4, -0.2) is 17.0 Å². The van der Waals surface area contributed by atoms with Crippen LogP contribution in [0.2, 0.25) is 0 Å². The van der Waals surface area contributed by atoms with Crippen molar-refractivity contribution >= 4 is 28.3 Å². The van der Waals surface area contributed by atoms with Gasteiger partial charge in [-0.1, -0.05) is 6.07 Å². The highest BCUT2D eigenvalue weighted by Gasteiger charge is 2.10. The van der Waals surface area contributed by atoms with Gasteiger partial charge in [-0.15, -0.1) is 11.3 Å². The molecule has 0 atom stereocenters. The summed E-state index contributed by atoms with van der Waals surface area (Å²) in [5.74, 6) is -0.597. The Balaban J connectivity index is 1.71. The van der Waals surface area contributed by atoms with Crippen molar-refractivity contribution in [1.82, 2.24) is 9.88 Å². The molecule has 0 radical (unpaired) electrons. The van der Waals surface area contributed by atoms with Gasteiger partial charge in [0.15, 0.2) is 5.58 Å². The fourth-order valence-corrected chi connectivity index (χ4v) is 2.84. The van der Waals surface area contributed by atoms with Gasteiger partial charge < -0.3 is 9.73 Å². The Morgan fingerprint density at radius 2 is 2.24 bits per heavy atom. The van der Waals surface area contributed by atoms with Crippen molar-refractivity contribution in [2.24, 2.45) is 7.05 Å². The van der Waals surface area contributed by atoms with Crippen molar-refractivity contribution in [2.45, 2.75) is 6.42 Å². The molecule has 0 spiro atoms. The fraction of sp³-hybridized carbons (Fsp3) is 0.200. The minimum absolute atomic E-state index is 0.167. The third kappa shape index (κ3) is 2.75. The molecule has 0 aliphatic carbocycles. The third-order valence-electron chi connectivity index (χ3n) is 3.29. The van der Waals surface area contributed by atoms with E-state index >= 15 is 0 Å². The topological polar surface area (TPSA) is 64.2 Å². The number of carbonyl (C=O) groups excluding carboxylic acids is 1. The van der Waals surface area contributed by atoms with Crippen molar-refractivity contribution in [2.75, 3.05) is 6.54 Å². The van der Waals surface area contributed by atoms with Gasteiger partial charge in [-0.2, -0.15) is 0 Å². The first-order valence-corrected chi connectivity index (χ1v) is 7.43. The number of oxazole rings is 1. The fourth-order valence-electron chi connectivity index (χ4n) is 2.13. The zero-order valence-electron chi connectivity index (χ0n) is 11.5. The van der Waals surface area contributed by atoms with E-state index in [1.165, 1.54) is 9.44 Å². The van der Waals surface area contributed by atoms with Crippen LogP contribution in [0.1, 0.15) is 15.2 Å². The van der Waals surface area contributed by atoms with Crippen LogP contribution in [0.4, 0.5) is 0 Å². The van der Waals surface area contributed by atoms with Gasteiger partial charge in [-0.05, 0) is 36.1 Å². The van der Waals surface area contributed by atoms with E-state index in [1.807, 2.05) is 17.5 Å². The molecule has 0 aliphatic rings. The van der Waals surface area contributed by atoms with Gasteiger partial charge in [0.05, 0.1) is 5.52 Å². The third-order valence-corrected chi connectivity index (χ3v) is 4.23. The van der Waals surface area contributed by atoms with E-state index in [0.29, 0.717) is 23.2 Å². The lowest BCUT2D eigenvalue weighted by atomic mass is 10.2. The highest BCUT2D eigenvalue weighted by molar-refractivity contribution is 7.09. The summed E-state index contributed by atoms with van der Waals surface area (Å²) in [6, 6.07) is 9.04. The second-order valence-electron chi connectivity index (χ2n) is 4.69. The molecule has 0 aliphatic heterocycles. The van der Waals surface area contributed by atoms with Crippen LogP contribution in [0.25, 0.3) is 11.1 Å². The summed E-state index contributed by atoms with van der Waals surface area (Å²) in [5, 5.41) is 4.88. The number of nitrogens with one attached hydrogen (secondary N) is 1. The first-order valence-electron chi connectivity index (χ1n) is 6.55. The summed E-state index contributed by atoms with van der Waals surface area (Å²) >= 11 is 1.67. The van der Waals surface area contributed by atoms with Gasteiger partial charge in [0.25, 0.3) is 5.91 Å². The molecule has 2 aromatic heterocycles. The lowest BCUT2D eigenvalue weighted by Crippen LogP contribution is -2.25. The van der Waals surface area contributed by atoms with Crippen LogP contribution in [-0.2, 0) is 13.5 Å². The normalized spacial score (nSPS) is 10.9.